The number of hydrogen-bond acceptors (Lipinski definition) is 4. The number of phenols is 2. The summed E-state index contributed by atoms with van der Waals surface area (Å²) in [5, 5.41) is 36.5. The van der Waals surface area contributed by atoms with E-state index in [4.69, 9.17) is 10.2 Å². The Morgan fingerprint density at radius 2 is 1.57 bits per heavy atom. The van der Waals surface area contributed by atoms with Crippen LogP contribution in [0.2, 0.25) is 0 Å². The van der Waals surface area contributed by atoms with E-state index >= 15 is 0 Å². The Hall–Kier alpha value is -3.02. The van der Waals surface area contributed by atoms with Gasteiger partial charge in [-0.2, -0.15) is 0 Å². The Kier molecular flexibility index (Phi) is 5.79. The summed E-state index contributed by atoms with van der Waals surface area (Å²) in [6, 6.07) is 11.0. The lowest BCUT2D eigenvalue weighted by Gasteiger charge is -2.53. The zero-order valence-corrected chi connectivity index (χ0v) is 17.3. The fourth-order valence-corrected chi connectivity index (χ4v) is 5.34. The molecule has 0 radical (unpaired) electrons. The van der Waals surface area contributed by atoms with Crippen molar-refractivity contribution in [1.82, 2.24) is 0 Å². The second-order valence-electron chi connectivity index (χ2n) is 8.78. The van der Waals surface area contributed by atoms with E-state index in [0.29, 0.717) is 5.75 Å². The van der Waals surface area contributed by atoms with E-state index in [9.17, 15) is 19.8 Å². The Balaban J connectivity index is 0.000000216. The minimum Gasteiger partial charge on any atom is -0.508 e. The SMILES string of the molecule is CC1(C(=O)O)CCCC2(C)c3ccc(O)cc3CCC12.O=C(O)c1ccc(O)cc1. The molecule has 3 unspecified atom stereocenters. The van der Waals surface area contributed by atoms with Gasteiger partial charge in [-0.1, -0.05) is 19.4 Å². The number of carboxylic acid groups (broad SMARTS) is 2. The Morgan fingerprint density at radius 3 is 2.17 bits per heavy atom. The molecule has 30 heavy (non-hydrogen) atoms. The lowest BCUT2D eigenvalue weighted by molar-refractivity contribution is -0.157. The van der Waals surface area contributed by atoms with Crippen LogP contribution < -0.4 is 0 Å². The predicted molar refractivity (Wildman–Crippen MR) is 112 cm³/mol. The average Bonchev–Trinajstić information content (AvgIpc) is 2.68. The van der Waals surface area contributed by atoms with Crippen LogP contribution in [0.1, 0.15) is 61.0 Å². The number of fused-ring (bicyclic) bond motifs is 3. The molecule has 0 aromatic heterocycles. The van der Waals surface area contributed by atoms with Crippen LogP contribution in [-0.2, 0) is 16.6 Å². The highest BCUT2D eigenvalue weighted by Gasteiger charge is 2.55. The third-order valence-corrected chi connectivity index (χ3v) is 6.94. The number of rotatable bonds is 2. The fraction of sp³-hybridized carbons (Fsp3) is 0.417. The fourth-order valence-electron chi connectivity index (χ4n) is 5.34. The second-order valence-corrected chi connectivity index (χ2v) is 8.78. The monoisotopic (exact) mass is 412 g/mol. The lowest BCUT2D eigenvalue weighted by atomic mass is 9.50. The molecular formula is C24H28O6. The first-order valence-electron chi connectivity index (χ1n) is 10.2. The molecule has 4 N–H and O–H groups in total. The van der Waals surface area contributed by atoms with Crippen molar-refractivity contribution in [2.75, 3.05) is 0 Å². The molecule has 0 spiro atoms. The number of aromatic hydroxyl groups is 2. The van der Waals surface area contributed by atoms with Gasteiger partial charge in [-0.15, -0.1) is 0 Å². The standard InChI is InChI=1S/C17H22O3.C7H6O3/c1-16-8-3-9-17(2,15(19)20)14(16)7-4-11-10-12(18)5-6-13(11)16;8-6-3-1-5(2-4-6)7(9)10/h5-6,10,14,18H,3-4,7-9H2,1-2H3,(H,19,20);1-4,8H,(H,9,10). The first kappa shape index (κ1) is 21.7. The van der Waals surface area contributed by atoms with E-state index in [-0.39, 0.29) is 22.6 Å². The number of phenolic OH excluding ortho intramolecular Hbond substituents is 2. The number of aryl methyl sites for hydroxylation is 1. The third-order valence-electron chi connectivity index (χ3n) is 6.94. The van der Waals surface area contributed by atoms with Crippen molar-refractivity contribution in [3.8, 4) is 11.5 Å². The summed E-state index contributed by atoms with van der Waals surface area (Å²) in [4.78, 5) is 22.0. The molecule has 6 heteroatoms. The zero-order chi connectivity index (χ0) is 22.1. The second kappa shape index (κ2) is 8.01. The number of aliphatic carboxylic acids is 1. The van der Waals surface area contributed by atoms with E-state index in [0.717, 1.165) is 32.1 Å². The summed E-state index contributed by atoms with van der Waals surface area (Å²) in [5.41, 5.74) is 1.92. The van der Waals surface area contributed by atoms with Crippen LogP contribution in [0.4, 0.5) is 0 Å². The average molecular weight is 412 g/mol. The summed E-state index contributed by atoms with van der Waals surface area (Å²) >= 11 is 0. The molecule has 0 aliphatic heterocycles. The Bertz CT molecular complexity index is 951. The normalized spacial score (nSPS) is 27.1. The van der Waals surface area contributed by atoms with Gasteiger partial charge in [0.15, 0.2) is 0 Å². The summed E-state index contributed by atoms with van der Waals surface area (Å²) in [6.45, 7) is 4.13. The van der Waals surface area contributed by atoms with Crippen LogP contribution in [0.15, 0.2) is 42.5 Å². The molecule has 3 atom stereocenters. The molecular weight excluding hydrogens is 384 g/mol. The highest BCUT2D eigenvalue weighted by molar-refractivity contribution is 5.87. The van der Waals surface area contributed by atoms with Crippen molar-refractivity contribution in [2.45, 2.75) is 51.4 Å². The van der Waals surface area contributed by atoms with Gasteiger partial charge in [-0.3, -0.25) is 4.79 Å². The van der Waals surface area contributed by atoms with Crippen LogP contribution >= 0.6 is 0 Å². The Morgan fingerprint density at radius 1 is 0.933 bits per heavy atom. The highest BCUT2D eigenvalue weighted by Crippen LogP contribution is 2.57. The van der Waals surface area contributed by atoms with Crippen LogP contribution in [-0.4, -0.2) is 32.4 Å². The first-order chi connectivity index (χ1) is 14.1. The molecule has 1 fully saturated rings. The van der Waals surface area contributed by atoms with Gasteiger partial charge in [0.1, 0.15) is 11.5 Å². The number of benzene rings is 2. The van der Waals surface area contributed by atoms with E-state index in [1.165, 1.54) is 35.4 Å². The first-order valence-corrected chi connectivity index (χ1v) is 10.2. The van der Waals surface area contributed by atoms with Gasteiger partial charge in [-0.25, -0.2) is 4.79 Å². The molecule has 1 saturated carbocycles. The molecule has 2 aliphatic rings. The van der Waals surface area contributed by atoms with Crippen molar-refractivity contribution < 1.29 is 30.0 Å². The van der Waals surface area contributed by atoms with Gasteiger partial charge in [0.05, 0.1) is 11.0 Å². The molecule has 2 aromatic rings. The maximum Gasteiger partial charge on any atom is 0.335 e. The van der Waals surface area contributed by atoms with Crippen molar-refractivity contribution in [3.05, 3.63) is 59.2 Å². The zero-order valence-electron chi connectivity index (χ0n) is 17.3. The van der Waals surface area contributed by atoms with Gasteiger partial charge >= 0.3 is 11.9 Å². The van der Waals surface area contributed by atoms with Crippen LogP contribution in [0, 0.1) is 11.3 Å². The van der Waals surface area contributed by atoms with E-state index < -0.39 is 17.4 Å². The van der Waals surface area contributed by atoms with Crippen molar-refractivity contribution in [1.29, 1.82) is 0 Å². The molecule has 0 amide bonds. The highest BCUT2D eigenvalue weighted by atomic mass is 16.4. The third kappa shape index (κ3) is 3.86. The number of carboxylic acids is 2. The lowest BCUT2D eigenvalue weighted by Crippen LogP contribution is -2.52. The molecule has 0 saturated heterocycles. The van der Waals surface area contributed by atoms with Crippen molar-refractivity contribution in [2.24, 2.45) is 11.3 Å². The predicted octanol–water partition coefficient (Wildman–Crippen LogP) is 4.58. The smallest absolute Gasteiger partial charge is 0.335 e. The molecule has 4 rings (SSSR count). The van der Waals surface area contributed by atoms with E-state index in [1.54, 1.807) is 6.07 Å². The largest absolute Gasteiger partial charge is 0.508 e. The van der Waals surface area contributed by atoms with Gasteiger partial charge in [0.25, 0.3) is 0 Å². The number of carbonyl (C=O) groups is 2. The number of hydrogen-bond donors (Lipinski definition) is 4. The van der Waals surface area contributed by atoms with Crippen LogP contribution in [0.25, 0.3) is 0 Å². The number of aromatic carboxylic acids is 1. The van der Waals surface area contributed by atoms with Gasteiger partial charge in [0.2, 0.25) is 0 Å². The van der Waals surface area contributed by atoms with E-state index in [2.05, 4.69) is 6.92 Å². The summed E-state index contributed by atoms with van der Waals surface area (Å²) in [7, 11) is 0. The van der Waals surface area contributed by atoms with Gasteiger partial charge < -0.3 is 20.4 Å². The van der Waals surface area contributed by atoms with Crippen LogP contribution in [0.5, 0.6) is 11.5 Å². The molecule has 2 aliphatic carbocycles. The van der Waals surface area contributed by atoms with Gasteiger partial charge in [0, 0.05) is 0 Å². The van der Waals surface area contributed by atoms with E-state index in [1.807, 2.05) is 19.1 Å². The quantitative estimate of drug-likeness (QED) is 0.574. The van der Waals surface area contributed by atoms with Crippen molar-refractivity contribution in [3.63, 3.8) is 0 Å². The van der Waals surface area contributed by atoms with Crippen LogP contribution in [0.3, 0.4) is 0 Å². The van der Waals surface area contributed by atoms with Gasteiger partial charge in [-0.05, 0) is 91.5 Å². The summed E-state index contributed by atoms with van der Waals surface area (Å²) in [5.74, 6) is -1.08. The Labute approximate surface area is 175 Å². The summed E-state index contributed by atoms with van der Waals surface area (Å²) < 4.78 is 0. The minimum absolute atomic E-state index is 0.0741. The maximum absolute atomic E-state index is 11.8. The topological polar surface area (TPSA) is 115 Å². The molecule has 0 heterocycles. The van der Waals surface area contributed by atoms with Crippen molar-refractivity contribution >= 4 is 11.9 Å². The molecule has 2 aromatic carbocycles. The maximum atomic E-state index is 11.8. The molecule has 6 nitrogen and oxygen atoms in total. The molecule has 0 bridgehead atoms. The molecule has 160 valence electrons. The minimum atomic E-state index is -0.986. The summed E-state index contributed by atoms with van der Waals surface area (Å²) in [6.07, 6.45) is 4.53.